The van der Waals surface area contributed by atoms with Gasteiger partial charge in [-0.3, -0.25) is 4.79 Å². The van der Waals surface area contributed by atoms with Crippen molar-refractivity contribution in [2.45, 2.75) is 32.7 Å². The topological polar surface area (TPSA) is 38.3 Å². The highest BCUT2D eigenvalue weighted by molar-refractivity contribution is 5.94. The number of hydrogen-bond acceptors (Lipinski definition) is 2. The van der Waals surface area contributed by atoms with E-state index in [1.54, 1.807) is 19.3 Å². The van der Waals surface area contributed by atoms with Gasteiger partial charge in [0.15, 0.2) is 0 Å². The number of nitrogens with one attached hydrogen (secondary N) is 1. The highest BCUT2D eigenvalue weighted by atomic mass is 16.5. The van der Waals surface area contributed by atoms with Crippen LogP contribution >= 0.6 is 0 Å². The van der Waals surface area contributed by atoms with Crippen molar-refractivity contribution in [3.8, 4) is 5.75 Å². The van der Waals surface area contributed by atoms with Crippen LogP contribution in [0.25, 0.3) is 0 Å². The van der Waals surface area contributed by atoms with E-state index in [1.807, 2.05) is 26.0 Å². The van der Waals surface area contributed by atoms with E-state index < -0.39 is 0 Å². The maximum absolute atomic E-state index is 12.0. The summed E-state index contributed by atoms with van der Waals surface area (Å²) in [5.74, 6) is 0.743. The minimum Gasteiger partial charge on any atom is -0.496 e. The number of hydrogen-bond donors (Lipinski definition) is 1. The lowest BCUT2D eigenvalue weighted by molar-refractivity contribution is 0.0939. The molecule has 0 fully saturated rings. The van der Waals surface area contributed by atoms with Crippen molar-refractivity contribution in [2.24, 2.45) is 0 Å². The molecule has 1 amide bonds. The molecule has 0 bridgehead atoms. The average molecular weight is 247 g/mol. The van der Waals surface area contributed by atoms with Gasteiger partial charge in [0.2, 0.25) is 0 Å². The van der Waals surface area contributed by atoms with Crippen molar-refractivity contribution >= 4 is 5.91 Å². The Balaban J connectivity index is 2.93. The Morgan fingerprint density at radius 3 is 2.83 bits per heavy atom. The fraction of sp³-hybridized carbons (Fsp3) is 0.400. The molecule has 0 saturated heterocycles. The number of carbonyl (C=O) groups is 1. The first-order chi connectivity index (χ1) is 8.62. The van der Waals surface area contributed by atoms with Crippen molar-refractivity contribution in [1.82, 2.24) is 5.32 Å². The lowest BCUT2D eigenvalue weighted by Gasteiger charge is -2.13. The minimum atomic E-state index is -0.0442. The normalized spacial score (nSPS) is 11.7. The predicted octanol–water partition coefficient (Wildman–Crippen LogP) is 2.95. The lowest BCUT2D eigenvalue weighted by Crippen LogP contribution is -2.31. The summed E-state index contributed by atoms with van der Waals surface area (Å²) in [6.07, 6.45) is 3.41. The number of carbonyl (C=O) groups excluding carboxylic acids is 1. The van der Waals surface area contributed by atoms with E-state index in [9.17, 15) is 4.79 Å². The van der Waals surface area contributed by atoms with Crippen LogP contribution in [0.4, 0.5) is 0 Å². The molecule has 1 unspecified atom stereocenters. The van der Waals surface area contributed by atoms with Gasteiger partial charge in [-0.2, -0.15) is 0 Å². The summed E-state index contributed by atoms with van der Waals surface area (Å²) in [5.41, 5.74) is 1.64. The Hall–Kier alpha value is -1.77. The summed E-state index contributed by atoms with van der Waals surface area (Å²) in [5, 5.41) is 2.95. The van der Waals surface area contributed by atoms with E-state index >= 15 is 0 Å². The highest BCUT2D eigenvalue weighted by Gasteiger charge is 2.11. The van der Waals surface area contributed by atoms with Gasteiger partial charge in [0, 0.05) is 11.6 Å². The highest BCUT2D eigenvalue weighted by Crippen LogP contribution is 2.20. The molecule has 0 saturated carbocycles. The molecule has 0 spiro atoms. The Labute approximate surface area is 109 Å². The molecule has 1 rings (SSSR count). The van der Waals surface area contributed by atoms with Crippen molar-refractivity contribution < 1.29 is 9.53 Å². The van der Waals surface area contributed by atoms with Gasteiger partial charge in [-0.25, -0.2) is 0 Å². The molecule has 18 heavy (non-hydrogen) atoms. The smallest absolute Gasteiger partial charge is 0.251 e. The Morgan fingerprint density at radius 2 is 2.28 bits per heavy atom. The zero-order valence-electron chi connectivity index (χ0n) is 11.3. The van der Waals surface area contributed by atoms with Crippen molar-refractivity contribution in [1.29, 1.82) is 0 Å². The van der Waals surface area contributed by atoms with E-state index in [0.717, 1.165) is 17.7 Å². The van der Waals surface area contributed by atoms with Crippen LogP contribution in [0.3, 0.4) is 0 Å². The standard InChI is InChI=1S/C15H21NO2/c1-5-7-12-10-13(8-9-14(12)18-4)15(17)16-11(3)6-2/h5,8-11H,1,6-7H2,2-4H3,(H,16,17). The van der Waals surface area contributed by atoms with Crippen LogP contribution in [0.2, 0.25) is 0 Å². The molecule has 0 aliphatic carbocycles. The molecule has 3 heteroatoms. The quantitative estimate of drug-likeness (QED) is 0.785. The van der Waals surface area contributed by atoms with Gasteiger partial charge in [-0.05, 0) is 43.5 Å². The third-order valence-corrected chi connectivity index (χ3v) is 2.90. The first kappa shape index (κ1) is 14.3. The fourth-order valence-electron chi connectivity index (χ4n) is 1.64. The summed E-state index contributed by atoms with van der Waals surface area (Å²) >= 11 is 0. The molecule has 0 aromatic heterocycles. The zero-order valence-corrected chi connectivity index (χ0v) is 11.3. The summed E-state index contributed by atoms with van der Waals surface area (Å²) in [6, 6.07) is 5.65. The number of rotatable bonds is 6. The second kappa shape index (κ2) is 6.84. The first-order valence-electron chi connectivity index (χ1n) is 6.21. The molecular formula is C15H21NO2. The molecular weight excluding hydrogens is 226 g/mol. The maximum atomic E-state index is 12.0. The van der Waals surface area contributed by atoms with Crippen LogP contribution in [0.5, 0.6) is 5.75 Å². The van der Waals surface area contributed by atoms with Gasteiger partial charge < -0.3 is 10.1 Å². The van der Waals surface area contributed by atoms with E-state index in [0.29, 0.717) is 12.0 Å². The summed E-state index contributed by atoms with van der Waals surface area (Å²) in [6.45, 7) is 7.75. The summed E-state index contributed by atoms with van der Waals surface area (Å²) < 4.78 is 5.26. The van der Waals surface area contributed by atoms with Crippen LogP contribution in [0.15, 0.2) is 30.9 Å². The zero-order chi connectivity index (χ0) is 13.5. The fourth-order valence-corrected chi connectivity index (χ4v) is 1.64. The summed E-state index contributed by atoms with van der Waals surface area (Å²) in [7, 11) is 1.63. The molecule has 98 valence electrons. The molecule has 3 nitrogen and oxygen atoms in total. The number of methoxy groups -OCH3 is 1. The van der Waals surface area contributed by atoms with Crippen molar-refractivity contribution in [3.63, 3.8) is 0 Å². The van der Waals surface area contributed by atoms with Gasteiger partial charge in [0.05, 0.1) is 7.11 Å². The average Bonchev–Trinajstić information content (AvgIpc) is 2.38. The lowest BCUT2D eigenvalue weighted by atomic mass is 10.1. The monoisotopic (exact) mass is 247 g/mol. The molecule has 0 aliphatic heterocycles. The first-order valence-corrected chi connectivity index (χ1v) is 6.21. The van der Waals surface area contributed by atoms with Gasteiger partial charge in [0.1, 0.15) is 5.75 Å². The molecule has 1 aromatic rings. The van der Waals surface area contributed by atoms with Crippen LogP contribution in [0.1, 0.15) is 36.2 Å². The Kier molecular flexibility index (Phi) is 5.43. The molecule has 0 radical (unpaired) electrons. The SMILES string of the molecule is C=CCc1cc(C(=O)NC(C)CC)ccc1OC. The molecule has 0 aliphatic rings. The maximum Gasteiger partial charge on any atom is 0.251 e. The summed E-state index contributed by atoms with van der Waals surface area (Å²) in [4.78, 5) is 12.0. The number of amides is 1. The van der Waals surface area contributed by atoms with Gasteiger partial charge >= 0.3 is 0 Å². The Morgan fingerprint density at radius 1 is 1.56 bits per heavy atom. The van der Waals surface area contributed by atoms with Crippen LogP contribution in [-0.2, 0) is 6.42 Å². The number of benzene rings is 1. The van der Waals surface area contributed by atoms with E-state index in [2.05, 4.69) is 11.9 Å². The van der Waals surface area contributed by atoms with Gasteiger partial charge in [-0.1, -0.05) is 13.0 Å². The van der Waals surface area contributed by atoms with E-state index in [4.69, 9.17) is 4.74 Å². The molecule has 1 aromatic carbocycles. The predicted molar refractivity (Wildman–Crippen MR) is 74.1 cm³/mol. The van der Waals surface area contributed by atoms with Crippen LogP contribution < -0.4 is 10.1 Å². The number of ether oxygens (including phenoxy) is 1. The van der Waals surface area contributed by atoms with Gasteiger partial charge in [0.25, 0.3) is 5.91 Å². The minimum absolute atomic E-state index is 0.0442. The third kappa shape index (κ3) is 3.62. The van der Waals surface area contributed by atoms with E-state index in [-0.39, 0.29) is 11.9 Å². The molecule has 0 heterocycles. The van der Waals surface area contributed by atoms with Crippen LogP contribution in [0, 0.1) is 0 Å². The second-order valence-corrected chi connectivity index (χ2v) is 4.30. The van der Waals surface area contributed by atoms with E-state index in [1.165, 1.54) is 0 Å². The van der Waals surface area contributed by atoms with Crippen molar-refractivity contribution in [2.75, 3.05) is 7.11 Å². The Bertz CT molecular complexity index is 427. The number of allylic oxidation sites excluding steroid dienone is 1. The molecule has 1 atom stereocenters. The van der Waals surface area contributed by atoms with Crippen LogP contribution in [-0.4, -0.2) is 19.1 Å². The van der Waals surface area contributed by atoms with Crippen molar-refractivity contribution in [3.05, 3.63) is 42.0 Å². The third-order valence-electron chi connectivity index (χ3n) is 2.90. The second-order valence-electron chi connectivity index (χ2n) is 4.30. The van der Waals surface area contributed by atoms with Gasteiger partial charge in [-0.15, -0.1) is 6.58 Å². The molecule has 1 N–H and O–H groups in total. The largest absolute Gasteiger partial charge is 0.496 e.